The minimum Gasteiger partial charge on any atom is -0.377 e. The monoisotopic (exact) mass is 238 g/mol. The standard InChI is InChI=1S/C12H18N2O3/c1-2-11-10(3-5-17-11)12(15)14-4-6-16-9(7-13)8-14/h9-11H,2-6,8H2,1H3. The first kappa shape index (κ1) is 12.3. The van der Waals surface area contributed by atoms with Crippen LogP contribution in [-0.2, 0) is 14.3 Å². The molecule has 2 aliphatic heterocycles. The van der Waals surface area contributed by atoms with E-state index < -0.39 is 6.10 Å². The molecule has 0 bridgehead atoms. The van der Waals surface area contributed by atoms with Gasteiger partial charge in [0.2, 0.25) is 5.91 Å². The van der Waals surface area contributed by atoms with Gasteiger partial charge in [-0.2, -0.15) is 5.26 Å². The highest BCUT2D eigenvalue weighted by Crippen LogP contribution is 2.26. The summed E-state index contributed by atoms with van der Waals surface area (Å²) in [6.45, 7) is 4.13. The van der Waals surface area contributed by atoms with Crippen molar-refractivity contribution < 1.29 is 14.3 Å². The van der Waals surface area contributed by atoms with E-state index in [4.69, 9.17) is 14.7 Å². The zero-order valence-electron chi connectivity index (χ0n) is 10.1. The number of morpholine rings is 1. The van der Waals surface area contributed by atoms with Crippen molar-refractivity contribution >= 4 is 5.91 Å². The SMILES string of the molecule is CCC1OCCC1C(=O)N1CCOC(C#N)C1. The molecule has 2 saturated heterocycles. The first-order chi connectivity index (χ1) is 8.26. The lowest BCUT2D eigenvalue weighted by Crippen LogP contribution is -2.48. The van der Waals surface area contributed by atoms with Crippen molar-refractivity contribution in [2.75, 3.05) is 26.3 Å². The highest BCUT2D eigenvalue weighted by molar-refractivity contribution is 5.80. The van der Waals surface area contributed by atoms with Gasteiger partial charge in [0.05, 0.1) is 31.2 Å². The van der Waals surface area contributed by atoms with E-state index in [0.29, 0.717) is 26.3 Å². The van der Waals surface area contributed by atoms with Crippen LogP contribution in [0.5, 0.6) is 0 Å². The number of nitriles is 1. The summed E-state index contributed by atoms with van der Waals surface area (Å²) in [6.07, 6.45) is 1.23. The largest absolute Gasteiger partial charge is 0.377 e. The lowest BCUT2D eigenvalue weighted by Gasteiger charge is -2.32. The molecule has 0 N–H and O–H groups in total. The molecule has 0 radical (unpaired) electrons. The molecule has 2 heterocycles. The van der Waals surface area contributed by atoms with Crippen molar-refractivity contribution in [2.24, 2.45) is 5.92 Å². The van der Waals surface area contributed by atoms with Gasteiger partial charge in [0, 0.05) is 13.2 Å². The maximum atomic E-state index is 12.3. The summed E-state index contributed by atoms with van der Waals surface area (Å²) in [4.78, 5) is 14.1. The number of hydrogen-bond acceptors (Lipinski definition) is 4. The van der Waals surface area contributed by atoms with Gasteiger partial charge in [-0.25, -0.2) is 0 Å². The smallest absolute Gasteiger partial charge is 0.228 e. The summed E-state index contributed by atoms with van der Waals surface area (Å²) in [5.74, 6) is 0.0929. The molecule has 0 aliphatic carbocycles. The van der Waals surface area contributed by atoms with Gasteiger partial charge >= 0.3 is 0 Å². The Balaban J connectivity index is 1.97. The first-order valence-corrected chi connectivity index (χ1v) is 6.18. The van der Waals surface area contributed by atoms with E-state index in [9.17, 15) is 4.79 Å². The predicted molar refractivity (Wildman–Crippen MR) is 60.1 cm³/mol. The second-order valence-corrected chi connectivity index (χ2v) is 4.49. The fraction of sp³-hybridized carbons (Fsp3) is 0.833. The molecule has 0 spiro atoms. The summed E-state index contributed by atoms with van der Waals surface area (Å²) >= 11 is 0. The molecule has 0 saturated carbocycles. The Hall–Kier alpha value is -1.12. The van der Waals surface area contributed by atoms with Crippen LogP contribution in [0.2, 0.25) is 0 Å². The summed E-state index contributed by atoms with van der Waals surface area (Å²) < 4.78 is 10.8. The molecule has 3 unspecified atom stereocenters. The van der Waals surface area contributed by atoms with E-state index in [-0.39, 0.29) is 17.9 Å². The number of hydrogen-bond donors (Lipinski definition) is 0. The lowest BCUT2D eigenvalue weighted by molar-refractivity contribution is -0.143. The molecule has 17 heavy (non-hydrogen) atoms. The topological polar surface area (TPSA) is 62.6 Å². The molecular weight excluding hydrogens is 220 g/mol. The maximum Gasteiger partial charge on any atom is 0.228 e. The fourth-order valence-corrected chi connectivity index (χ4v) is 2.50. The van der Waals surface area contributed by atoms with Gasteiger partial charge < -0.3 is 14.4 Å². The average Bonchev–Trinajstić information content (AvgIpc) is 2.86. The molecular formula is C12H18N2O3. The van der Waals surface area contributed by atoms with E-state index in [1.165, 1.54) is 0 Å². The van der Waals surface area contributed by atoms with Crippen LogP contribution < -0.4 is 0 Å². The Bertz CT molecular complexity index is 326. The fourth-order valence-electron chi connectivity index (χ4n) is 2.50. The molecule has 2 aliphatic rings. The molecule has 0 aromatic carbocycles. The molecule has 5 heteroatoms. The van der Waals surface area contributed by atoms with Crippen molar-refractivity contribution in [1.29, 1.82) is 5.26 Å². The van der Waals surface area contributed by atoms with Gasteiger partial charge in [-0.3, -0.25) is 4.79 Å². The second-order valence-electron chi connectivity index (χ2n) is 4.49. The molecule has 94 valence electrons. The van der Waals surface area contributed by atoms with Gasteiger partial charge in [0.1, 0.15) is 0 Å². The van der Waals surface area contributed by atoms with Crippen molar-refractivity contribution in [1.82, 2.24) is 4.90 Å². The van der Waals surface area contributed by atoms with Crippen LogP contribution in [0.25, 0.3) is 0 Å². The Morgan fingerprint density at radius 2 is 2.29 bits per heavy atom. The van der Waals surface area contributed by atoms with E-state index in [1.54, 1.807) is 4.90 Å². The number of rotatable bonds is 2. The van der Waals surface area contributed by atoms with E-state index in [1.807, 2.05) is 6.92 Å². The lowest BCUT2D eigenvalue weighted by atomic mass is 9.97. The number of nitrogens with zero attached hydrogens (tertiary/aromatic N) is 2. The maximum absolute atomic E-state index is 12.3. The number of ether oxygens (including phenoxy) is 2. The quantitative estimate of drug-likeness (QED) is 0.705. The summed E-state index contributed by atoms with van der Waals surface area (Å²) in [5, 5.41) is 8.82. The van der Waals surface area contributed by atoms with Crippen molar-refractivity contribution in [3.8, 4) is 6.07 Å². The molecule has 0 aromatic heterocycles. The average molecular weight is 238 g/mol. The van der Waals surface area contributed by atoms with Crippen molar-refractivity contribution in [3.63, 3.8) is 0 Å². The van der Waals surface area contributed by atoms with Crippen LogP contribution in [0.15, 0.2) is 0 Å². The van der Waals surface area contributed by atoms with Gasteiger partial charge in [0.15, 0.2) is 6.10 Å². The summed E-state index contributed by atoms with van der Waals surface area (Å²) in [6, 6.07) is 2.06. The van der Waals surface area contributed by atoms with Crippen molar-refractivity contribution in [3.05, 3.63) is 0 Å². The number of amides is 1. The Morgan fingerprint density at radius 1 is 1.47 bits per heavy atom. The van der Waals surface area contributed by atoms with Crippen LogP contribution in [0, 0.1) is 17.2 Å². The van der Waals surface area contributed by atoms with Gasteiger partial charge in [-0.1, -0.05) is 6.92 Å². The normalized spacial score (nSPS) is 33.4. The minimum absolute atomic E-state index is 0.0301. The molecule has 0 aromatic rings. The van der Waals surface area contributed by atoms with Crippen molar-refractivity contribution in [2.45, 2.75) is 32.0 Å². The Kier molecular flexibility index (Phi) is 3.97. The third-order valence-electron chi connectivity index (χ3n) is 3.45. The van der Waals surface area contributed by atoms with E-state index >= 15 is 0 Å². The molecule has 5 nitrogen and oxygen atoms in total. The van der Waals surface area contributed by atoms with E-state index in [2.05, 4.69) is 6.07 Å². The third kappa shape index (κ3) is 2.59. The Labute approximate surface area is 101 Å². The zero-order valence-corrected chi connectivity index (χ0v) is 10.1. The summed E-state index contributed by atoms with van der Waals surface area (Å²) in [5.41, 5.74) is 0. The van der Waals surface area contributed by atoms with E-state index in [0.717, 1.165) is 12.8 Å². The summed E-state index contributed by atoms with van der Waals surface area (Å²) in [7, 11) is 0. The van der Waals surface area contributed by atoms with Crippen LogP contribution >= 0.6 is 0 Å². The van der Waals surface area contributed by atoms with Crippen LogP contribution in [-0.4, -0.2) is 49.3 Å². The third-order valence-corrected chi connectivity index (χ3v) is 3.45. The number of carbonyl (C=O) groups excluding carboxylic acids is 1. The van der Waals surface area contributed by atoms with Gasteiger partial charge in [-0.05, 0) is 12.8 Å². The molecule has 2 rings (SSSR count). The Morgan fingerprint density at radius 3 is 3.00 bits per heavy atom. The predicted octanol–water partition coefficient (Wildman–Crippen LogP) is 0.552. The zero-order chi connectivity index (χ0) is 12.3. The first-order valence-electron chi connectivity index (χ1n) is 6.18. The highest BCUT2D eigenvalue weighted by atomic mass is 16.5. The van der Waals surface area contributed by atoms with Gasteiger partial charge in [0.25, 0.3) is 0 Å². The van der Waals surface area contributed by atoms with Gasteiger partial charge in [-0.15, -0.1) is 0 Å². The van der Waals surface area contributed by atoms with Crippen LogP contribution in [0.3, 0.4) is 0 Å². The highest BCUT2D eigenvalue weighted by Gasteiger charge is 2.37. The second kappa shape index (κ2) is 5.48. The van der Waals surface area contributed by atoms with Crippen LogP contribution in [0.4, 0.5) is 0 Å². The van der Waals surface area contributed by atoms with Crippen LogP contribution in [0.1, 0.15) is 19.8 Å². The number of carbonyl (C=O) groups is 1. The molecule has 2 fully saturated rings. The molecule has 3 atom stereocenters. The minimum atomic E-state index is -0.477. The molecule has 1 amide bonds.